The molecule has 1 aliphatic heterocycles. The number of non-ortho nitro benzene ring substituents is 1. The second kappa shape index (κ2) is 7.74. The van der Waals surface area contributed by atoms with Crippen LogP contribution >= 0.6 is 0 Å². The van der Waals surface area contributed by atoms with Gasteiger partial charge in [-0.2, -0.15) is 0 Å². The van der Waals surface area contributed by atoms with E-state index in [4.69, 9.17) is 0 Å². The summed E-state index contributed by atoms with van der Waals surface area (Å²) in [5, 5.41) is 12.7. The van der Waals surface area contributed by atoms with Gasteiger partial charge >= 0.3 is 29.6 Å². The molecule has 2 aromatic heterocycles. The first kappa shape index (κ1) is 22.0. The van der Waals surface area contributed by atoms with Crippen LogP contribution < -0.4 is 29.6 Å². The second-order valence-electron chi connectivity index (χ2n) is 7.57. The number of para-hydroxylation sites is 1. The van der Waals surface area contributed by atoms with E-state index in [9.17, 15) is 19.7 Å². The molecule has 0 N–H and O–H groups in total. The number of hydrogen-bond donors (Lipinski definition) is 0. The Hall–Kier alpha value is -3.20. The minimum Gasteiger partial charge on any atom is -0.430 e. The van der Waals surface area contributed by atoms with Crippen LogP contribution in [0.2, 0.25) is 0 Å². The molecule has 0 radical (unpaired) electrons. The van der Waals surface area contributed by atoms with E-state index in [0.29, 0.717) is 22.0 Å². The van der Waals surface area contributed by atoms with Crippen LogP contribution in [-0.2, 0) is 23.7 Å². The summed E-state index contributed by atoms with van der Waals surface area (Å²) in [5.74, 6) is -0.978. The zero-order valence-electron chi connectivity index (χ0n) is 17.8. The van der Waals surface area contributed by atoms with E-state index in [0.717, 1.165) is 15.8 Å². The summed E-state index contributed by atoms with van der Waals surface area (Å²) < 4.78 is 3.63. The summed E-state index contributed by atoms with van der Waals surface area (Å²) in [4.78, 5) is 37.8. The molecule has 3 heterocycles. The molecule has 4 aromatic rings. The minimum atomic E-state index is -0.501. The molecule has 32 heavy (non-hydrogen) atoms. The number of aryl methyl sites for hydroxylation is 2. The predicted octanol–water partition coefficient (Wildman–Crippen LogP) is 0.653. The minimum absolute atomic E-state index is 0. The fourth-order valence-electron chi connectivity index (χ4n) is 4.30. The van der Waals surface area contributed by atoms with Gasteiger partial charge in [0.25, 0.3) is 5.69 Å². The number of hydrogen-bond acceptors (Lipinski definition) is 4. The van der Waals surface area contributed by atoms with Crippen molar-refractivity contribution in [2.75, 3.05) is 0 Å². The third-order valence-electron chi connectivity index (χ3n) is 5.79. The third kappa shape index (κ3) is 3.02. The largest absolute Gasteiger partial charge is 1.00 e. The summed E-state index contributed by atoms with van der Waals surface area (Å²) in [7, 11) is 7.28. The predicted molar refractivity (Wildman–Crippen MR) is 117 cm³/mol. The number of carbonyl (C=O) groups is 2. The number of rotatable bonds is 3. The van der Waals surface area contributed by atoms with Crippen LogP contribution in [0.5, 0.6) is 0 Å². The smallest absolute Gasteiger partial charge is 0.430 e. The standard InChI is InChI=1S/C23H17N4O4.Na/c1-24-11-16(14-6-4-5-7-18(14)24)20-21(23(29)26(3)22(20)28)17-12-25(2)19-10-13(27(30)31)8-9-15(17)19;/h4-12H,3H2,1-2H3;/q-1;+1. The molecule has 2 amide bonds. The van der Waals surface area contributed by atoms with Crippen molar-refractivity contribution in [3.05, 3.63) is 83.1 Å². The van der Waals surface area contributed by atoms with Gasteiger partial charge in [-0.15, -0.1) is 0 Å². The number of benzene rings is 2. The Labute approximate surface area is 205 Å². The van der Waals surface area contributed by atoms with E-state index in [1.807, 2.05) is 42.1 Å². The van der Waals surface area contributed by atoms with Crippen LogP contribution in [0.3, 0.4) is 0 Å². The van der Waals surface area contributed by atoms with Gasteiger partial charge < -0.3 is 14.0 Å². The topological polar surface area (TPSA) is 90.4 Å². The van der Waals surface area contributed by atoms with E-state index in [-0.39, 0.29) is 46.4 Å². The summed E-state index contributed by atoms with van der Waals surface area (Å²) in [6, 6.07) is 12.1. The Bertz CT molecular complexity index is 1490. The molecular weight excluding hydrogens is 419 g/mol. The molecule has 0 fully saturated rings. The maximum absolute atomic E-state index is 13.1. The number of carbonyl (C=O) groups excluding carboxylic acids is 2. The molecule has 9 heteroatoms. The van der Waals surface area contributed by atoms with Gasteiger partial charge in [-0.3, -0.25) is 19.7 Å². The van der Waals surface area contributed by atoms with Gasteiger partial charge in [0, 0.05) is 66.0 Å². The number of nitro benzene ring substituents is 1. The summed E-state index contributed by atoms with van der Waals surface area (Å²) >= 11 is 0. The van der Waals surface area contributed by atoms with Crippen molar-refractivity contribution in [2.24, 2.45) is 14.1 Å². The van der Waals surface area contributed by atoms with Crippen LogP contribution in [-0.4, -0.2) is 30.8 Å². The number of nitrogens with zero attached hydrogens (tertiary/aromatic N) is 4. The van der Waals surface area contributed by atoms with Crippen molar-refractivity contribution < 1.29 is 44.1 Å². The van der Waals surface area contributed by atoms with Gasteiger partial charge in [0.2, 0.25) is 11.8 Å². The van der Waals surface area contributed by atoms with E-state index in [1.165, 1.54) is 12.1 Å². The Kier molecular flexibility index (Phi) is 5.32. The fourth-order valence-corrected chi connectivity index (χ4v) is 4.30. The van der Waals surface area contributed by atoms with Crippen LogP contribution in [0.1, 0.15) is 11.1 Å². The normalized spacial score (nSPS) is 14.0. The maximum Gasteiger partial charge on any atom is 1.00 e. The number of fused-ring (bicyclic) bond motifs is 2. The molecule has 0 saturated heterocycles. The molecule has 0 spiro atoms. The molecule has 0 atom stereocenters. The van der Waals surface area contributed by atoms with Crippen molar-refractivity contribution in [1.29, 1.82) is 0 Å². The Morgan fingerprint density at radius 3 is 1.97 bits per heavy atom. The van der Waals surface area contributed by atoms with E-state index < -0.39 is 16.7 Å². The number of nitro groups is 1. The molecular formula is C23H17N4NaO4. The first-order valence-electron chi connectivity index (χ1n) is 9.51. The molecule has 8 nitrogen and oxygen atoms in total. The first-order chi connectivity index (χ1) is 14.8. The molecule has 5 rings (SSSR count). The third-order valence-corrected chi connectivity index (χ3v) is 5.79. The quantitative estimate of drug-likeness (QED) is 0.155. The van der Waals surface area contributed by atoms with Gasteiger partial charge in [0.05, 0.1) is 21.6 Å². The number of imide groups is 1. The molecule has 2 aromatic carbocycles. The van der Waals surface area contributed by atoms with Crippen molar-refractivity contribution in [3.8, 4) is 0 Å². The Morgan fingerprint density at radius 1 is 0.844 bits per heavy atom. The Balaban J connectivity index is 0.00000245. The summed E-state index contributed by atoms with van der Waals surface area (Å²) in [6.45, 7) is 0. The van der Waals surface area contributed by atoms with Crippen molar-refractivity contribution >= 4 is 50.5 Å². The molecule has 0 bridgehead atoms. The van der Waals surface area contributed by atoms with Gasteiger partial charge in [0.15, 0.2) is 0 Å². The molecule has 0 aliphatic carbocycles. The number of aromatic nitrogens is 2. The van der Waals surface area contributed by atoms with Gasteiger partial charge in [0.1, 0.15) is 0 Å². The SMILES string of the molecule is [CH2-]N1C(=O)C(c2cn(C)c3ccccc23)=C(c2cn(C)c3cc([N+](=O)[O-])ccc23)C1=O.[Na+]. The molecule has 0 unspecified atom stereocenters. The van der Waals surface area contributed by atoms with Crippen LogP contribution in [0.25, 0.3) is 33.0 Å². The molecule has 1 aliphatic rings. The monoisotopic (exact) mass is 436 g/mol. The van der Waals surface area contributed by atoms with Gasteiger partial charge in [-0.05, 0) is 12.1 Å². The molecule has 0 saturated carbocycles. The van der Waals surface area contributed by atoms with Crippen molar-refractivity contribution in [1.82, 2.24) is 14.0 Å². The van der Waals surface area contributed by atoms with Gasteiger partial charge in [-0.1, -0.05) is 18.2 Å². The molecule has 154 valence electrons. The van der Waals surface area contributed by atoms with Crippen molar-refractivity contribution in [3.63, 3.8) is 0 Å². The van der Waals surface area contributed by atoms with Crippen LogP contribution in [0.15, 0.2) is 54.9 Å². The second-order valence-corrected chi connectivity index (χ2v) is 7.57. The Morgan fingerprint density at radius 2 is 1.38 bits per heavy atom. The van der Waals surface area contributed by atoms with Gasteiger partial charge in [-0.25, -0.2) is 7.05 Å². The average Bonchev–Trinajstić information content (AvgIpc) is 3.34. The first-order valence-corrected chi connectivity index (χ1v) is 9.51. The van der Waals surface area contributed by atoms with E-state index in [1.54, 1.807) is 23.9 Å². The zero-order chi connectivity index (χ0) is 22.0. The fraction of sp³-hybridized carbons (Fsp3) is 0.0870. The van der Waals surface area contributed by atoms with E-state index >= 15 is 0 Å². The van der Waals surface area contributed by atoms with Crippen molar-refractivity contribution in [2.45, 2.75) is 0 Å². The summed E-state index contributed by atoms with van der Waals surface area (Å²) in [5.41, 5.74) is 3.20. The maximum atomic E-state index is 13.1. The summed E-state index contributed by atoms with van der Waals surface area (Å²) in [6.07, 6.45) is 3.56. The zero-order valence-corrected chi connectivity index (χ0v) is 19.8. The average molecular weight is 436 g/mol. The van der Waals surface area contributed by atoms with Crippen LogP contribution in [0, 0.1) is 17.2 Å². The number of amides is 2. The van der Waals surface area contributed by atoms with E-state index in [2.05, 4.69) is 7.05 Å². The van der Waals surface area contributed by atoms with Crippen LogP contribution in [0.4, 0.5) is 5.69 Å².